The maximum absolute atomic E-state index is 11.6. The standard InChI is InChI=1S/C12H17N3O/c1-4-5-9-6-10-12(16)14-13-11(8(2)3)15(10)7-9/h6-8H,4-5H2,1-3H3,(H,14,16). The molecule has 2 aromatic heterocycles. The van der Waals surface area contributed by atoms with Gasteiger partial charge in [-0.1, -0.05) is 27.2 Å². The van der Waals surface area contributed by atoms with Crippen LogP contribution in [-0.4, -0.2) is 14.6 Å². The average molecular weight is 219 g/mol. The van der Waals surface area contributed by atoms with E-state index in [0.717, 1.165) is 18.7 Å². The zero-order valence-electron chi connectivity index (χ0n) is 9.95. The molecule has 0 radical (unpaired) electrons. The SMILES string of the molecule is CCCc1cc2c(=O)[nH]nc(C(C)C)n2c1. The van der Waals surface area contributed by atoms with Crippen LogP contribution in [0.15, 0.2) is 17.1 Å². The molecule has 0 amide bonds. The largest absolute Gasteiger partial charge is 0.298 e. The number of hydrogen-bond donors (Lipinski definition) is 1. The highest BCUT2D eigenvalue weighted by atomic mass is 16.1. The molecule has 0 spiro atoms. The summed E-state index contributed by atoms with van der Waals surface area (Å²) in [6, 6.07) is 1.95. The van der Waals surface area contributed by atoms with Crippen molar-refractivity contribution < 1.29 is 0 Å². The molecule has 4 heteroatoms. The van der Waals surface area contributed by atoms with Crippen molar-refractivity contribution in [3.63, 3.8) is 0 Å². The number of H-pyrrole nitrogens is 1. The average Bonchev–Trinajstić information content (AvgIpc) is 2.62. The summed E-state index contributed by atoms with van der Waals surface area (Å²) in [4.78, 5) is 11.6. The lowest BCUT2D eigenvalue weighted by atomic mass is 10.2. The van der Waals surface area contributed by atoms with Crippen LogP contribution in [0, 0.1) is 0 Å². The van der Waals surface area contributed by atoms with E-state index < -0.39 is 0 Å². The maximum Gasteiger partial charge on any atom is 0.288 e. The van der Waals surface area contributed by atoms with E-state index in [0.29, 0.717) is 11.4 Å². The summed E-state index contributed by atoms with van der Waals surface area (Å²) >= 11 is 0. The first-order chi connectivity index (χ1) is 7.63. The second kappa shape index (κ2) is 4.12. The third-order valence-corrected chi connectivity index (χ3v) is 2.68. The number of nitrogens with one attached hydrogen (secondary N) is 1. The Kier molecular flexibility index (Phi) is 2.81. The highest BCUT2D eigenvalue weighted by Crippen LogP contribution is 2.15. The minimum atomic E-state index is -0.119. The van der Waals surface area contributed by atoms with Gasteiger partial charge < -0.3 is 0 Å². The van der Waals surface area contributed by atoms with E-state index in [4.69, 9.17) is 0 Å². The second-order valence-corrected chi connectivity index (χ2v) is 4.42. The second-order valence-electron chi connectivity index (χ2n) is 4.42. The van der Waals surface area contributed by atoms with Crippen LogP contribution in [0.4, 0.5) is 0 Å². The monoisotopic (exact) mass is 219 g/mol. The summed E-state index contributed by atoms with van der Waals surface area (Å²) in [5.41, 5.74) is 1.77. The zero-order chi connectivity index (χ0) is 11.7. The van der Waals surface area contributed by atoms with Crippen LogP contribution >= 0.6 is 0 Å². The van der Waals surface area contributed by atoms with E-state index in [1.807, 2.05) is 16.7 Å². The molecule has 2 heterocycles. The molecule has 0 fully saturated rings. The van der Waals surface area contributed by atoms with Crippen molar-refractivity contribution in [3.05, 3.63) is 34.0 Å². The van der Waals surface area contributed by atoms with Crippen molar-refractivity contribution in [3.8, 4) is 0 Å². The van der Waals surface area contributed by atoms with Crippen LogP contribution in [0.3, 0.4) is 0 Å². The minimum Gasteiger partial charge on any atom is -0.298 e. The van der Waals surface area contributed by atoms with Crippen molar-refractivity contribution in [2.24, 2.45) is 0 Å². The van der Waals surface area contributed by atoms with E-state index in [9.17, 15) is 4.79 Å². The van der Waals surface area contributed by atoms with E-state index in [-0.39, 0.29) is 5.56 Å². The van der Waals surface area contributed by atoms with Crippen molar-refractivity contribution in [2.75, 3.05) is 0 Å². The number of aryl methyl sites for hydroxylation is 1. The van der Waals surface area contributed by atoms with Crippen LogP contribution in [0.1, 0.15) is 44.5 Å². The van der Waals surface area contributed by atoms with Crippen LogP contribution in [0.25, 0.3) is 5.52 Å². The van der Waals surface area contributed by atoms with Gasteiger partial charge in [0.1, 0.15) is 11.3 Å². The molecule has 16 heavy (non-hydrogen) atoms. The number of nitrogens with zero attached hydrogens (tertiary/aromatic N) is 2. The van der Waals surface area contributed by atoms with Gasteiger partial charge in [-0.15, -0.1) is 0 Å². The molecule has 0 aliphatic rings. The third-order valence-electron chi connectivity index (χ3n) is 2.68. The minimum absolute atomic E-state index is 0.119. The summed E-state index contributed by atoms with van der Waals surface area (Å²) in [7, 11) is 0. The summed E-state index contributed by atoms with van der Waals surface area (Å²) in [5.74, 6) is 1.19. The molecule has 0 saturated heterocycles. The van der Waals surface area contributed by atoms with Gasteiger partial charge in [-0.05, 0) is 18.1 Å². The van der Waals surface area contributed by atoms with Crippen LogP contribution in [-0.2, 0) is 6.42 Å². The number of fused-ring (bicyclic) bond motifs is 1. The van der Waals surface area contributed by atoms with Crippen molar-refractivity contribution >= 4 is 5.52 Å². The molecule has 4 nitrogen and oxygen atoms in total. The molecule has 2 rings (SSSR count). The Morgan fingerprint density at radius 3 is 2.88 bits per heavy atom. The van der Waals surface area contributed by atoms with E-state index in [1.54, 1.807) is 0 Å². The molecule has 0 atom stereocenters. The Hall–Kier alpha value is -1.58. The Morgan fingerprint density at radius 2 is 2.25 bits per heavy atom. The van der Waals surface area contributed by atoms with Crippen molar-refractivity contribution in [1.82, 2.24) is 14.6 Å². The summed E-state index contributed by atoms with van der Waals surface area (Å²) in [6.07, 6.45) is 4.11. The van der Waals surface area contributed by atoms with E-state index in [2.05, 4.69) is 31.0 Å². The number of hydrogen-bond acceptors (Lipinski definition) is 2. The van der Waals surface area contributed by atoms with Crippen LogP contribution in [0.2, 0.25) is 0 Å². The molecule has 0 aliphatic heterocycles. The van der Waals surface area contributed by atoms with Crippen LogP contribution < -0.4 is 5.56 Å². The summed E-state index contributed by atoms with van der Waals surface area (Å²) in [6.45, 7) is 6.27. The molecular weight excluding hydrogens is 202 g/mol. The van der Waals surface area contributed by atoms with Gasteiger partial charge in [0.15, 0.2) is 0 Å². The van der Waals surface area contributed by atoms with Gasteiger partial charge in [0.25, 0.3) is 5.56 Å². The molecule has 0 aliphatic carbocycles. The van der Waals surface area contributed by atoms with Crippen molar-refractivity contribution in [1.29, 1.82) is 0 Å². The quantitative estimate of drug-likeness (QED) is 0.859. The Labute approximate surface area is 94.3 Å². The third kappa shape index (κ3) is 1.75. The van der Waals surface area contributed by atoms with E-state index in [1.165, 1.54) is 5.56 Å². The van der Waals surface area contributed by atoms with Gasteiger partial charge in [-0.3, -0.25) is 9.20 Å². The molecular formula is C12H17N3O. The molecule has 0 bridgehead atoms. The van der Waals surface area contributed by atoms with Gasteiger partial charge in [-0.25, -0.2) is 5.10 Å². The Balaban J connectivity index is 2.68. The molecule has 86 valence electrons. The van der Waals surface area contributed by atoms with Crippen molar-refractivity contribution in [2.45, 2.75) is 39.5 Å². The van der Waals surface area contributed by atoms with Gasteiger partial charge in [0.05, 0.1) is 0 Å². The summed E-state index contributed by atoms with van der Waals surface area (Å²) < 4.78 is 1.91. The topological polar surface area (TPSA) is 50.2 Å². The molecule has 0 aromatic carbocycles. The first-order valence-electron chi connectivity index (χ1n) is 5.73. The smallest absolute Gasteiger partial charge is 0.288 e. The fourth-order valence-corrected chi connectivity index (χ4v) is 1.93. The van der Waals surface area contributed by atoms with Gasteiger partial charge >= 0.3 is 0 Å². The molecule has 0 saturated carbocycles. The zero-order valence-corrected chi connectivity index (χ0v) is 9.95. The number of aromatic amines is 1. The fourth-order valence-electron chi connectivity index (χ4n) is 1.93. The first-order valence-corrected chi connectivity index (χ1v) is 5.73. The highest BCUT2D eigenvalue weighted by Gasteiger charge is 2.10. The molecule has 0 unspecified atom stereocenters. The Bertz CT molecular complexity index is 551. The maximum atomic E-state index is 11.6. The normalized spacial score (nSPS) is 11.5. The summed E-state index contributed by atoms with van der Waals surface area (Å²) in [5, 5.41) is 6.66. The van der Waals surface area contributed by atoms with Gasteiger partial charge in [0, 0.05) is 12.1 Å². The predicted molar refractivity (Wildman–Crippen MR) is 63.9 cm³/mol. The van der Waals surface area contributed by atoms with Crippen LogP contribution in [0.5, 0.6) is 0 Å². The highest BCUT2D eigenvalue weighted by molar-refractivity contribution is 5.49. The lowest BCUT2D eigenvalue weighted by Crippen LogP contribution is -2.15. The predicted octanol–water partition coefficient (Wildman–Crippen LogP) is 2.10. The Morgan fingerprint density at radius 1 is 1.50 bits per heavy atom. The van der Waals surface area contributed by atoms with E-state index >= 15 is 0 Å². The number of aromatic nitrogens is 3. The number of rotatable bonds is 3. The molecule has 1 N–H and O–H groups in total. The lowest BCUT2D eigenvalue weighted by molar-refractivity contribution is 0.710. The van der Waals surface area contributed by atoms with Gasteiger partial charge in [0.2, 0.25) is 0 Å². The van der Waals surface area contributed by atoms with Gasteiger partial charge in [-0.2, -0.15) is 5.10 Å². The molecule has 2 aromatic rings. The lowest BCUT2D eigenvalue weighted by Gasteiger charge is -2.06. The fraction of sp³-hybridized carbons (Fsp3) is 0.500. The first kappa shape index (κ1) is 10.9.